The molecule has 0 bridgehead atoms. The SMILES string of the molecule is CC[C@@H](C)NC(=O)[C@H](Cc1ccccc1)N(Cc1ccc(Cl)c(Cl)c1)C(=O)CN(c1cc(Cl)ccc1Cl)S(C)(=O)=O. The third-order valence-electron chi connectivity index (χ3n) is 6.47. The van der Waals surface area contributed by atoms with E-state index in [1.165, 1.54) is 23.1 Å². The number of hydrogen-bond donors (Lipinski definition) is 1. The molecule has 0 radical (unpaired) electrons. The molecule has 0 aliphatic heterocycles. The number of amides is 2. The van der Waals surface area contributed by atoms with Gasteiger partial charge < -0.3 is 10.2 Å². The molecule has 0 aliphatic carbocycles. The quantitative estimate of drug-likeness (QED) is 0.237. The number of nitrogens with zero attached hydrogens (tertiary/aromatic N) is 2. The average Bonchev–Trinajstić information content (AvgIpc) is 2.92. The molecule has 1 N–H and O–H groups in total. The Balaban J connectivity index is 2.11. The molecule has 0 saturated heterocycles. The summed E-state index contributed by atoms with van der Waals surface area (Å²) in [4.78, 5) is 29.2. The van der Waals surface area contributed by atoms with Gasteiger partial charge in [0.25, 0.3) is 0 Å². The van der Waals surface area contributed by atoms with Gasteiger partial charge in [0.1, 0.15) is 12.6 Å². The van der Waals surface area contributed by atoms with Crippen molar-refractivity contribution in [2.24, 2.45) is 0 Å². The van der Waals surface area contributed by atoms with Crippen LogP contribution in [0.4, 0.5) is 5.69 Å². The lowest BCUT2D eigenvalue weighted by atomic mass is 10.0. The first-order valence-corrected chi connectivity index (χ1v) is 16.2. The van der Waals surface area contributed by atoms with Crippen LogP contribution in [-0.2, 0) is 32.6 Å². The molecule has 220 valence electrons. The Labute approximate surface area is 261 Å². The van der Waals surface area contributed by atoms with Gasteiger partial charge in [0.05, 0.1) is 27.0 Å². The van der Waals surface area contributed by atoms with E-state index in [1.54, 1.807) is 18.2 Å². The van der Waals surface area contributed by atoms with Crippen molar-refractivity contribution in [3.8, 4) is 0 Å². The standard InChI is InChI=1S/C29H31Cl4N3O4S/c1-4-19(2)34-29(38)27(15-20-8-6-5-7-9-20)35(17-21-10-12-23(31)25(33)14-21)28(37)18-36(41(3,39)40)26-16-22(30)11-13-24(26)32/h5-14,16,19,27H,4,15,17-18H2,1-3H3,(H,34,38)/t19-,27+/m1/s1. The fourth-order valence-electron chi connectivity index (χ4n) is 4.10. The topological polar surface area (TPSA) is 86.8 Å². The first-order valence-electron chi connectivity index (χ1n) is 12.8. The molecule has 0 saturated carbocycles. The zero-order valence-corrected chi connectivity index (χ0v) is 26.6. The van der Waals surface area contributed by atoms with Crippen LogP contribution in [0, 0.1) is 0 Å². The van der Waals surface area contributed by atoms with E-state index in [9.17, 15) is 18.0 Å². The van der Waals surface area contributed by atoms with Crippen molar-refractivity contribution in [1.82, 2.24) is 10.2 Å². The van der Waals surface area contributed by atoms with Crippen LogP contribution in [0.5, 0.6) is 0 Å². The highest BCUT2D eigenvalue weighted by atomic mass is 35.5. The second kappa shape index (κ2) is 14.6. The number of sulfonamides is 1. The van der Waals surface area contributed by atoms with Gasteiger partial charge in [0.15, 0.2) is 0 Å². The van der Waals surface area contributed by atoms with Crippen LogP contribution in [0.3, 0.4) is 0 Å². The molecule has 3 rings (SSSR count). The molecule has 0 spiro atoms. The van der Waals surface area contributed by atoms with Crippen molar-refractivity contribution in [3.05, 3.63) is 97.9 Å². The van der Waals surface area contributed by atoms with Crippen LogP contribution in [0.1, 0.15) is 31.4 Å². The van der Waals surface area contributed by atoms with Gasteiger partial charge in [0.2, 0.25) is 21.8 Å². The molecular formula is C29H31Cl4N3O4S. The zero-order chi connectivity index (χ0) is 30.3. The minimum absolute atomic E-state index is 0.0397. The molecule has 0 aliphatic rings. The van der Waals surface area contributed by atoms with Gasteiger partial charge in [0, 0.05) is 24.0 Å². The summed E-state index contributed by atoms with van der Waals surface area (Å²) in [6.07, 6.45) is 1.84. The van der Waals surface area contributed by atoms with Crippen LogP contribution in [0.2, 0.25) is 20.1 Å². The molecule has 41 heavy (non-hydrogen) atoms. The van der Waals surface area contributed by atoms with E-state index in [0.717, 1.165) is 16.1 Å². The number of hydrogen-bond acceptors (Lipinski definition) is 4. The lowest BCUT2D eigenvalue weighted by Gasteiger charge is -2.34. The predicted molar refractivity (Wildman–Crippen MR) is 167 cm³/mol. The van der Waals surface area contributed by atoms with E-state index in [4.69, 9.17) is 46.4 Å². The second-order valence-corrected chi connectivity index (χ2v) is 13.2. The largest absolute Gasteiger partial charge is 0.352 e. The van der Waals surface area contributed by atoms with Crippen molar-refractivity contribution in [2.45, 2.75) is 45.3 Å². The lowest BCUT2D eigenvalue weighted by molar-refractivity contribution is -0.140. The summed E-state index contributed by atoms with van der Waals surface area (Å²) < 4.78 is 26.7. The maximum Gasteiger partial charge on any atom is 0.244 e. The molecule has 2 atom stereocenters. The van der Waals surface area contributed by atoms with Gasteiger partial charge >= 0.3 is 0 Å². The van der Waals surface area contributed by atoms with Gasteiger partial charge in [-0.25, -0.2) is 8.42 Å². The monoisotopic (exact) mass is 657 g/mol. The van der Waals surface area contributed by atoms with Gasteiger partial charge in [-0.1, -0.05) is 89.7 Å². The molecular weight excluding hydrogens is 628 g/mol. The Morgan fingerprint density at radius 3 is 2.15 bits per heavy atom. The van der Waals surface area contributed by atoms with Crippen molar-refractivity contribution >= 4 is 73.9 Å². The van der Waals surface area contributed by atoms with Gasteiger partial charge in [-0.3, -0.25) is 13.9 Å². The number of rotatable bonds is 12. The summed E-state index contributed by atoms with van der Waals surface area (Å²) in [6.45, 7) is 3.15. The summed E-state index contributed by atoms with van der Waals surface area (Å²) >= 11 is 24.9. The van der Waals surface area contributed by atoms with Gasteiger partial charge in [-0.05, 0) is 54.8 Å². The average molecular weight is 659 g/mol. The van der Waals surface area contributed by atoms with Crippen molar-refractivity contribution in [3.63, 3.8) is 0 Å². The highest BCUT2D eigenvalue weighted by Crippen LogP contribution is 2.31. The fourth-order valence-corrected chi connectivity index (χ4v) is 5.71. The number of nitrogens with one attached hydrogen (secondary N) is 1. The van der Waals surface area contributed by atoms with Crippen LogP contribution in [0.15, 0.2) is 66.7 Å². The van der Waals surface area contributed by atoms with Crippen molar-refractivity contribution in [2.75, 3.05) is 17.1 Å². The second-order valence-electron chi connectivity index (χ2n) is 9.66. The van der Waals surface area contributed by atoms with E-state index in [-0.39, 0.29) is 45.7 Å². The highest BCUT2D eigenvalue weighted by molar-refractivity contribution is 7.92. The lowest BCUT2D eigenvalue weighted by Crippen LogP contribution is -2.54. The first-order chi connectivity index (χ1) is 19.3. The summed E-state index contributed by atoms with van der Waals surface area (Å²) in [7, 11) is -4.00. The van der Waals surface area contributed by atoms with Crippen molar-refractivity contribution in [1.29, 1.82) is 0 Å². The highest BCUT2D eigenvalue weighted by Gasteiger charge is 2.34. The minimum Gasteiger partial charge on any atom is -0.352 e. The van der Waals surface area contributed by atoms with Crippen LogP contribution in [0.25, 0.3) is 0 Å². The number of carbonyl (C=O) groups excluding carboxylic acids is 2. The predicted octanol–water partition coefficient (Wildman–Crippen LogP) is 6.62. The molecule has 3 aromatic carbocycles. The first kappa shape index (κ1) is 33.0. The minimum atomic E-state index is -4.00. The third-order valence-corrected chi connectivity index (χ3v) is 8.89. The molecule has 2 amide bonds. The van der Waals surface area contributed by atoms with E-state index >= 15 is 0 Å². The summed E-state index contributed by atoms with van der Waals surface area (Å²) in [5.41, 5.74) is 1.48. The number of benzene rings is 3. The summed E-state index contributed by atoms with van der Waals surface area (Å²) in [6, 6.07) is 17.4. The fraction of sp³-hybridized carbons (Fsp3) is 0.310. The number of carbonyl (C=O) groups is 2. The van der Waals surface area contributed by atoms with Gasteiger partial charge in [-0.2, -0.15) is 0 Å². The molecule has 7 nitrogen and oxygen atoms in total. The van der Waals surface area contributed by atoms with E-state index in [1.807, 2.05) is 44.2 Å². The van der Waals surface area contributed by atoms with E-state index in [0.29, 0.717) is 17.0 Å². The maximum absolute atomic E-state index is 14.1. The Morgan fingerprint density at radius 1 is 0.878 bits per heavy atom. The Hall–Kier alpha value is -2.49. The van der Waals surface area contributed by atoms with E-state index < -0.39 is 28.5 Å². The Morgan fingerprint density at radius 2 is 1.54 bits per heavy atom. The Kier molecular flexibility index (Phi) is 11.8. The maximum atomic E-state index is 14.1. The van der Waals surface area contributed by atoms with Crippen molar-refractivity contribution < 1.29 is 18.0 Å². The number of halogens is 4. The van der Waals surface area contributed by atoms with Crippen LogP contribution >= 0.6 is 46.4 Å². The molecule has 0 unspecified atom stereocenters. The molecule has 3 aromatic rings. The molecule has 0 fully saturated rings. The Bertz CT molecular complexity index is 1490. The molecule has 0 heterocycles. The van der Waals surface area contributed by atoms with Crippen LogP contribution in [-0.4, -0.2) is 50.0 Å². The van der Waals surface area contributed by atoms with Crippen LogP contribution < -0.4 is 9.62 Å². The smallest absolute Gasteiger partial charge is 0.244 e. The summed E-state index contributed by atoms with van der Waals surface area (Å²) in [5, 5.41) is 3.93. The third kappa shape index (κ3) is 9.25. The normalized spacial score (nSPS) is 12.9. The number of anilines is 1. The zero-order valence-electron chi connectivity index (χ0n) is 22.8. The molecule has 12 heteroatoms. The van der Waals surface area contributed by atoms with Gasteiger partial charge in [-0.15, -0.1) is 0 Å². The molecule has 0 aromatic heterocycles. The summed E-state index contributed by atoms with van der Waals surface area (Å²) in [5.74, 6) is -0.999. The van der Waals surface area contributed by atoms with E-state index in [2.05, 4.69) is 5.32 Å².